The second-order valence-electron chi connectivity index (χ2n) is 6.27. The largest absolute Gasteiger partial charge is 0.495 e. The number of hydrogen-bond acceptors (Lipinski definition) is 7. The van der Waals surface area contributed by atoms with E-state index < -0.39 is 0 Å². The average Bonchev–Trinajstić information content (AvgIpc) is 3.37. The topological polar surface area (TPSA) is 54.9 Å². The third kappa shape index (κ3) is 3.59. The van der Waals surface area contributed by atoms with Crippen LogP contribution in [-0.4, -0.2) is 56.2 Å². The summed E-state index contributed by atoms with van der Waals surface area (Å²) >= 11 is 3.24. The summed E-state index contributed by atoms with van der Waals surface area (Å²) < 4.78 is 11.9. The van der Waals surface area contributed by atoms with Gasteiger partial charge in [0, 0.05) is 31.1 Å². The van der Waals surface area contributed by atoms with Crippen LogP contribution in [0.1, 0.15) is 4.88 Å². The van der Waals surface area contributed by atoms with Crippen molar-refractivity contribution in [3.63, 3.8) is 0 Å². The van der Waals surface area contributed by atoms with E-state index >= 15 is 0 Å². The number of thiophene rings is 1. The standard InChI is InChI=1S/C19H21N3O3S2/c1-24-14-5-6-15(25-2)18-17(14)20-19(27-18)22-9-7-21(8-10-22)16(23)12-13-4-3-11-26-13/h3-6,11H,7-10,12H2,1-2H3. The number of anilines is 1. The molecule has 6 nitrogen and oxygen atoms in total. The van der Waals surface area contributed by atoms with Crippen LogP contribution >= 0.6 is 22.7 Å². The molecule has 0 bridgehead atoms. The highest BCUT2D eigenvalue weighted by atomic mass is 32.1. The van der Waals surface area contributed by atoms with Crippen LogP contribution in [0.25, 0.3) is 10.2 Å². The lowest BCUT2D eigenvalue weighted by molar-refractivity contribution is -0.130. The van der Waals surface area contributed by atoms with E-state index in [0.717, 1.165) is 44.8 Å². The minimum atomic E-state index is 0.199. The van der Waals surface area contributed by atoms with Gasteiger partial charge in [-0.2, -0.15) is 0 Å². The van der Waals surface area contributed by atoms with Gasteiger partial charge in [0.05, 0.1) is 20.6 Å². The van der Waals surface area contributed by atoms with E-state index in [0.29, 0.717) is 19.5 Å². The van der Waals surface area contributed by atoms with Crippen LogP contribution in [0.2, 0.25) is 0 Å². The van der Waals surface area contributed by atoms with Crippen molar-refractivity contribution in [2.75, 3.05) is 45.3 Å². The van der Waals surface area contributed by atoms with E-state index in [2.05, 4.69) is 4.90 Å². The van der Waals surface area contributed by atoms with Crippen LogP contribution in [0.5, 0.6) is 11.5 Å². The van der Waals surface area contributed by atoms with Crippen molar-refractivity contribution < 1.29 is 14.3 Å². The molecule has 0 N–H and O–H groups in total. The normalized spacial score (nSPS) is 14.6. The number of nitrogens with zero attached hydrogens (tertiary/aromatic N) is 3. The fraction of sp³-hybridized carbons (Fsp3) is 0.368. The number of amides is 1. The van der Waals surface area contributed by atoms with Crippen LogP contribution < -0.4 is 14.4 Å². The van der Waals surface area contributed by atoms with Gasteiger partial charge in [-0.1, -0.05) is 17.4 Å². The van der Waals surface area contributed by atoms with Crippen molar-refractivity contribution in [1.29, 1.82) is 0 Å². The van der Waals surface area contributed by atoms with Crippen LogP contribution in [0, 0.1) is 0 Å². The Hall–Kier alpha value is -2.32. The molecule has 142 valence electrons. The molecule has 27 heavy (non-hydrogen) atoms. The highest BCUT2D eigenvalue weighted by molar-refractivity contribution is 7.22. The molecule has 0 unspecified atom stereocenters. The minimum Gasteiger partial charge on any atom is -0.495 e. The predicted molar refractivity (Wildman–Crippen MR) is 110 cm³/mol. The molecule has 0 atom stereocenters. The molecule has 0 spiro atoms. The smallest absolute Gasteiger partial charge is 0.227 e. The molecular formula is C19H21N3O3S2. The zero-order valence-corrected chi connectivity index (χ0v) is 16.9. The number of aromatic nitrogens is 1. The van der Waals surface area contributed by atoms with E-state index in [9.17, 15) is 4.79 Å². The quantitative estimate of drug-likeness (QED) is 0.654. The number of methoxy groups -OCH3 is 2. The maximum absolute atomic E-state index is 12.5. The van der Waals surface area contributed by atoms with Gasteiger partial charge >= 0.3 is 0 Å². The lowest BCUT2D eigenvalue weighted by Crippen LogP contribution is -2.49. The Morgan fingerprint density at radius 3 is 2.52 bits per heavy atom. The Morgan fingerprint density at radius 2 is 1.85 bits per heavy atom. The van der Waals surface area contributed by atoms with Crippen LogP contribution in [0.4, 0.5) is 5.13 Å². The van der Waals surface area contributed by atoms with Crippen LogP contribution in [-0.2, 0) is 11.2 Å². The van der Waals surface area contributed by atoms with Gasteiger partial charge in [0.1, 0.15) is 21.7 Å². The summed E-state index contributed by atoms with van der Waals surface area (Å²) in [7, 11) is 3.32. The minimum absolute atomic E-state index is 0.199. The number of hydrogen-bond donors (Lipinski definition) is 0. The van der Waals surface area contributed by atoms with Gasteiger partial charge < -0.3 is 19.3 Å². The van der Waals surface area contributed by atoms with Crippen LogP contribution in [0.15, 0.2) is 29.6 Å². The Bertz CT molecular complexity index is 890. The first-order valence-corrected chi connectivity index (χ1v) is 10.5. The molecule has 4 rings (SSSR count). The molecule has 8 heteroatoms. The molecule has 3 heterocycles. The van der Waals surface area contributed by atoms with Gasteiger partial charge in [0.25, 0.3) is 0 Å². The zero-order chi connectivity index (χ0) is 18.8. The molecule has 1 saturated heterocycles. The van der Waals surface area contributed by atoms with E-state index in [-0.39, 0.29) is 5.91 Å². The lowest BCUT2D eigenvalue weighted by atomic mass is 10.2. The molecule has 0 aliphatic carbocycles. The van der Waals surface area contributed by atoms with E-state index in [1.165, 1.54) is 0 Å². The molecule has 1 aliphatic rings. The van der Waals surface area contributed by atoms with Crippen molar-refractivity contribution in [1.82, 2.24) is 9.88 Å². The molecule has 1 amide bonds. The number of carbonyl (C=O) groups excluding carboxylic acids is 1. The Balaban J connectivity index is 1.47. The van der Waals surface area contributed by atoms with Gasteiger partial charge in [-0.25, -0.2) is 4.98 Å². The summed E-state index contributed by atoms with van der Waals surface area (Å²) in [6.07, 6.45) is 0.493. The number of rotatable bonds is 5. The summed E-state index contributed by atoms with van der Waals surface area (Å²) in [6.45, 7) is 2.99. The first-order valence-electron chi connectivity index (χ1n) is 8.76. The number of piperazine rings is 1. The molecule has 3 aromatic rings. The number of fused-ring (bicyclic) bond motifs is 1. The Kier molecular flexibility index (Phi) is 5.18. The first-order chi connectivity index (χ1) is 13.2. The van der Waals surface area contributed by atoms with Gasteiger partial charge in [-0.15, -0.1) is 11.3 Å². The van der Waals surface area contributed by atoms with E-state index in [1.807, 2.05) is 34.5 Å². The number of carbonyl (C=O) groups is 1. The van der Waals surface area contributed by atoms with Crippen molar-refractivity contribution in [2.24, 2.45) is 0 Å². The maximum atomic E-state index is 12.5. The monoisotopic (exact) mass is 403 g/mol. The third-order valence-corrected chi connectivity index (χ3v) is 6.71. The van der Waals surface area contributed by atoms with Gasteiger partial charge in [-0.3, -0.25) is 4.79 Å². The molecular weight excluding hydrogens is 382 g/mol. The summed E-state index contributed by atoms with van der Waals surface area (Å²) in [5.74, 6) is 1.75. The fourth-order valence-corrected chi connectivity index (χ4v) is 5.05. The number of benzene rings is 1. The van der Waals surface area contributed by atoms with Gasteiger partial charge in [-0.05, 0) is 23.6 Å². The Morgan fingerprint density at radius 1 is 1.11 bits per heavy atom. The molecule has 1 aromatic carbocycles. The molecule has 1 fully saturated rings. The number of thiazole rings is 1. The van der Waals surface area contributed by atoms with Gasteiger partial charge in [0.15, 0.2) is 5.13 Å². The predicted octanol–water partition coefficient (Wildman–Crippen LogP) is 3.27. The van der Waals surface area contributed by atoms with Crippen molar-refractivity contribution in [3.05, 3.63) is 34.5 Å². The highest BCUT2D eigenvalue weighted by Crippen LogP contribution is 2.40. The van der Waals surface area contributed by atoms with E-state index in [4.69, 9.17) is 14.5 Å². The first kappa shape index (κ1) is 18.1. The molecule has 0 saturated carbocycles. The SMILES string of the molecule is COc1ccc(OC)c2sc(N3CCN(C(=O)Cc4cccs4)CC3)nc12. The van der Waals surface area contributed by atoms with Crippen molar-refractivity contribution >= 4 is 43.9 Å². The molecule has 1 aliphatic heterocycles. The van der Waals surface area contributed by atoms with Crippen molar-refractivity contribution in [3.8, 4) is 11.5 Å². The van der Waals surface area contributed by atoms with E-state index in [1.54, 1.807) is 36.9 Å². The number of ether oxygens (including phenoxy) is 2. The summed E-state index contributed by atoms with van der Waals surface area (Å²) in [4.78, 5) is 22.6. The second kappa shape index (κ2) is 7.74. The lowest BCUT2D eigenvalue weighted by Gasteiger charge is -2.34. The average molecular weight is 404 g/mol. The Labute approximate surface area is 165 Å². The fourth-order valence-electron chi connectivity index (χ4n) is 3.23. The summed E-state index contributed by atoms with van der Waals surface area (Å²) in [5, 5.41) is 2.95. The second-order valence-corrected chi connectivity index (χ2v) is 8.28. The summed E-state index contributed by atoms with van der Waals surface area (Å²) in [5.41, 5.74) is 0.827. The van der Waals surface area contributed by atoms with Crippen LogP contribution in [0.3, 0.4) is 0 Å². The molecule has 0 radical (unpaired) electrons. The highest BCUT2D eigenvalue weighted by Gasteiger charge is 2.24. The molecule has 2 aromatic heterocycles. The summed E-state index contributed by atoms with van der Waals surface area (Å²) in [6, 6.07) is 7.79. The zero-order valence-electron chi connectivity index (χ0n) is 15.3. The van der Waals surface area contributed by atoms with Gasteiger partial charge in [0.2, 0.25) is 5.91 Å². The van der Waals surface area contributed by atoms with Crippen molar-refractivity contribution in [2.45, 2.75) is 6.42 Å². The third-order valence-electron chi connectivity index (χ3n) is 4.71. The maximum Gasteiger partial charge on any atom is 0.227 e.